The Morgan fingerprint density at radius 3 is 2.74 bits per heavy atom. The van der Waals surface area contributed by atoms with Crippen LogP contribution in [-0.4, -0.2) is 62.3 Å². The average Bonchev–Trinajstić information content (AvgIpc) is 2.46. The maximum Gasteiger partial charge on any atom is 0.0635 e. The molecule has 0 aromatic rings. The fourth-order valence-electron chi connectivity index (χ4n) is 2.12. The molecule has 0 unspecified atom stereocenters. The normalized spacial score (nSPS) is 17.1. The summed E-state index contributed by atoms with van der Waals surface area (Å²) in [5.74, 6) is 0. The topological polar surface area (TPSA) is 39.5 Å². The standard InChI is InChI=1S/C15H27N3O/c1-2-3-4-5-8-17(9-6-7-16)10-11-18-12-14-19-15-13-18/h4-5H,2-3,6,8-15H2,1H3/b5-4+. The number of rotatable bonds is 9. The summed E-state index contributed by atoms with van der Waals surface area (Å²) in [7, 11) is 0. The largest absolute Gasteiger partial charge is 0.379 e. The van der Waals surface area contributed by atoms with Crippen molar-refractivity contribution in [2.24, 2.45) is 0 Å². The molecule has 1 aliphatic heterocycles. The Balaban J connectivity index is 2.24. The number of morpholine rings is 1. The van der Waals surface area contributed by atoms with Crippen molar-refractivity contribution in [2.75, 3.05) is 52.5 Å². The Morgan fingerprint density at radius 1 is 1.26 bits per heavy atom. The molecule has 4 heteroatoms. The van der Waals surface area contributed by atoms with Gasteiger partial charge in [-0.25, -0.2) is 0 Å². The number of unbranched alkanes of at least 4 members (excludes halogenated alkanes) is 1. The Bertz CT molecular complexity index is 280. The number of hydrogen-bond donors (Lipinski definition) is 0. The van der Waals surface area contributed by atoms with Gasteiger partial charge in [0.25, 0.3) is 0 Å². The number of nitrogens with zero attached hydrogens (tertiary/aromatic N) is 3. The van der Waals surface area contributed by atoms with Crippen LogP contribution in [0, 0.1) is 11.3 Å². The van der Waals surface area contributed by atoms with E-state index in [0.29, 0.717) is 6.42 Å². The highest BCUT2D eigenvalue weighted by atomic mass is 16.5. The maximum absolute atomic E-state index is 8.72. The lowest BCUT2D eigenvalue weighted by molar-refractivity contribution is 0.0340. The first-order chi connectivity index (χ1) is 9.36. The van der Waals surface area contributed by atoms with Crippen molar-refractivity contribution in [1.82, 2.24) is 9.80 Å². The van der Waals surface area contributed by atoms with Crippen molar-refractivity contribution in [3.8, 4) is 6.07 Å². The maximum atomic E-state index is 8.72. The predicted octanol–water partition coefficient (Wildman–Crippen LogP) is 1.89. The Hall–Kier alpha value is -0.890. The second-order valence-electron chi connectivity index (χ2n) is 4.92. The lowest BCUT2D eigenvalue weighted by Crippen LogP contribution is -2.41. The molecule has 0 spiro atoms. The fourth-order valence-corrected chi connectivity index (χ4v) is 2.12. The monoisotopic (exact) mass is 265 g/mol. The van der Waals surface area contributed by atoms with Crippen molar-refractivity contribution < 1.29 is 4.74 Å². The predicted molar refractivity (Wildman–Crippen MR) is 78.0 cm³/mol. The van der Waals surface area contributed by atoms with Gasteiger partial charge in [0.15, 0.2) is 0 Å². The SMILES string of the molecule is CCC/C=C/CN(CCC#N)CCN1CCOCC1. The Kier molecular flexibility index (Phi) is 9.34. The Morgan fingerprint density at radius 2 is 2.05 bits per heavy atom. The van der Waals surface area contributed by atoms with Crippen molar-refractivity contribution >= 4 is 0 Å². The van der Waals surface area contributed by atoms with E-state index in [0.717, 1.165) is 58.9 Å². The first-order valence-electron chi connectivity index (χ1n) is 7.41. The summed E-state index contributed by atoms with van der Waals surface area (Å²) in [4.78, 5) is 4.81. The van der Waals surface area contributed by atoms with Crippen LogP contribution in [0.2, 0.25) is 0 Å². The van der Waals surface area contributed by atoms with Gasteiger partial charge in [-0.2, -0.15) is 5.26 Å². The minimum absolute atomic E-state index is 0.616. The van der Waals surface area contributed by atoms with Gasteiger partial charge in [-0.1, -0.05) is 25.5 Å². The van der Waals surface area contributed by atoms with Crippen molar-refractivity contribution in [2.45, 2.75) is 26.2 Å². The van der Waals surface area contributed by atoms with Crippen LogP contribution >= 0.6 is 0 Å². The van der Waals surface area contributed by atoms with Gasteiger partial charge >= 0.3 is 0 Å². The molecule has 0 aromatic carbocycles. The molecule has 1 rings (SSSR count). The van der Waals surface area contributed by atoms with Gasteiger partial charge in [-0.05, 0) is 6.42 Å². The van der Waals surface area contributed by atoms with Crippen LogP contribution < -0.4 is 0 Å². The molecule has 1 saturated heterocycles. The van der Waals surface area contributed by atoms with Crippen molar-refractivity contribution in [3.05, 3.63) is 12.2 Å². The van der Waals surface area contributed by atoms with Gasteiger partial charge in [0.05, 0.1) is 19.3 Å². The average molecular weight is 265 g/mol. The molecule has 0 saturated carbocycles. The molecule has 1 fully saturated rings. The summed E-state index contributed by atoms with van der Waals surface area (Å²) in [5.41, 5.74) is 0. The summed E-state index contributed by atoms with van der Waals surface area (Å²) in [6.45, 7) is 9.94. The third-order valence-corrected chi connectivity index (χ3v) is 3.36. The highest BCUT2D eigenvalue weighted by Crippen LogP contribution is 1.99. The van der Waals surface area contributed by atoms with Crippen LogP contribution in [0.5, 0.6) is 0 Å². The quantitative estimate of drug-likeness (QED) is 0.597. The molecule has 0 radical (unpaired) electrons. The van der Waals surface area contributed by atoms with Crippen LogP contribution in [0.3, 0.4) is 0 Å². The van der Waals surface area contributed by atoms with Gasteiger partial charge in [0, 0.05) is 45.7 Å². The molecule has 0 N–H and O–H groups in total. The molecule has 1 heterocycles. The van der Waals surface area contributed by atoms with E-state index in [-0.39, 0.29) is 0 Å². The third-order valence-electron chi connectivity index (χ3n) is 3.36. The fraction of sp³-hybridized carbons (Fsp3) is 0.800. The van der Waals surface area contributed by atoms with E-state index in [1.54, 1.807) is 0 Å². The molecular formula is C15H27N3O. The van der Waals surface area contributed by atoms with Crippen LogP contribution in [0.25, 0.3) is 0 Å². The first-order valence-corrected chi connectivity index (χ1v) is 7.41. The van der Waals surface area contributed by atoms with E-state index in [4.69, 9.17) is 10.00 Å². The smallest absolute Gasteiger partial charge is 0.0635 e. The van der Waals surface area contributed by atoms with Crippen LogP contribution in [0.1, 0.15) is 26.2 Å². The summed E-state index contributed by atoms with van der Waals surface area (Å²) in [6, 6.07) is 2.24. The van der Waals surface area contributed by atoms with E-state index < -0.39 is 0 Å². The molecular weight excluding hydrogens is 238 g/mol. The molecule has 0 amide bonds. The van der Waals surface area contributed by atoms with Crippen molar-refractivity contribution in [1.29, 1.82) is 5.26 Å². The van der Waals surface area contributed by atoms with Gasteiger partial charge in [-0.3, -0.25) is 9.80 Å². The highest BCUT2D eigenvalue weighted by Gasteiger charge is 2.11. The van der Waals surface area contributed by atoms with Gasteiger partial charge in [0.2, 0.25) is 0 Å². The zero-order valence-corrected chi connectivity index (χ0v) is 12.2. The van der Waals surface area contributed by atoms with E-state index >= 15 is 0 Å². The number of nitriles is 1. The molecule has 0 aromatic heterocycles. The molecule has 4 nitrogen and oxygen atoms in total. The molecule has 0 bridgehead atoms. The molecule has 0 aliphatic carbocycles. The number of allylic oxidation sites excluding steroid dienone is 1. The minimum Gasteiger partial charge on any atom is -0.379 e. The number of ether oxygens (including phenoxy) is 1. The van der Waals surface area contributed by atoms with Gasteiger partial charge in [0.1, 0.15) is 0 Å². The zero-order chi connectivity index (χ0) is 13.8. The lowest BCUT2D eigenvalue weighted by atomic mass is 10.3. The molecule has 1 aliphatic rings. The second kappa shape index (κ2) is 11.0. The van der Waals surface area contributed by atoms with Crippen LogP contribution in [0.15, 0.2) is 12.2 Å². The summed E-state index contributed by atoms with van der Waals surface area (Å²) in [6.07, 6.45) is 7.44. The highest BCUT2D eigenvalue weighted by molar-refractivity contribution is 4.86. The lowest BCUT2D eigenvalue weighted by Gasteiger charge is -2.29. The van der Waals surface area contributed by atoms with Crippen LogP contribution in [-0.2, 0) is 4.74 Å². The summed E-state index contributed by atoms with van der Waals surface area (Å²) < 4.78 is 5.35. The zero-order valence-electron chi connectivity index (χ0n) is 12.2. The first kappa shape index (κ1) is 16.2. The number of hydrogen-bond acceptors (Lipinski definition) is 4. The van der Waals surface area contributed by atoms with Gasteiger partial charge in [-0.15, -0.1) is 0 Å². The van der Waals surface area contributed by atoms with E-state index in [9.17, 15) is 0 Å². The molecule has 0 atom stereocenters. The van der Waals surface area contributed by atoms with Crippen molar-refractivity contribution in [3.63, 3.8) is 0 Å². The van der Waals surface area contributed by atoms with Gasteiger partial charge < -0.3 is 4.74 Å². The summed E-state index contributed by atoms with van der Waals surface area (Å²) in [5, 5.41) is 8.72. The van der Waals surface area contributed by atoms with E-state index in [1.807, 2.05) is 0 Å². The minimum atomic E-state index is 0.616. The summed E-state index contributed by atoms with van der Waals surface area (Å²) >= 11 is 0. The Labute approximate surface area is 117 Å². The molecule has 108 valence electrons. The van der Waals surface area contributed by atoms with E-state index in [2.05, 4.69) is 34.9 Å². The van der Waals surface area contributed by atoms with E-state index in [1.165, 1.54) is 6.42 Å². The molecule has 19 heavy (non-hydrogen) atoms. The third kappa shape index (κ3) is 7.99. The second-order valence-corrected chi connectivity index (χ2v) is 4.92. The van der Waals surface area contributed by atoms with Crippen LogP contribution in [0.4, 0.5) is 0 Å².